The van der Waals surface area contributed by atoms with Gasteiger partial charge in [-0.15, -0.1) is 0 Å². The number of methoxy groups -OCH3 is 1. The van der Waals surface area contributed by atoms with E-state index in [9.17, 15) is 4.57 Å². The fraction of sp³-hybridized carbons (Fsp3) is 0.500. The van der Waals surface area contributed by atoms with Gasteiger partial charge >= 0.3 is 7.60 Å². The highest BCUT2D eigenvalue weighted by Crippen LogP contribution is 2.53. The number of nitrogens with two attached hydrogens (primary N) is 1. The molecule has 0 amide bonds. The van der Waals surface area contributed by atoms with Crippen molar-refractivity contribution < 1.29 is 18.3 Å². The van der Waals surface area contributed by atoms with Gasteiger partial charge in [-0.3, -0.25) is 4.57 Å². The molecule has 1 aromatic rings. The Bertz CT molecular complexity index is 426. The largest absolute Gasteiger partial charge is 0.496 e. The van der Waals surface area contributed by atoms with Crippen LogP contribution in [0, 0.1) is 0 Å². The lowest BCUT2D eigenvalue weighted by Crippen LogP contribution is -2.03. The summed E-state index contributed by atoms with van der Waals surface area (Å²) >= 11 is 0. The van der Waals surface area contributed by atoms with E-state index in [0.717, 1.165) is 0 Å². The van der Waals surface area contributed by atoms with E-state index in [0.29, 0.717) is 30.2 Å². The number of anilines is 1. The molecule has 5 nitrogen and oxygen atoms in total. The first-order valence-electron chi connectivity index (χ1n) is 5.85. The first kappa shape index (κ1) is 15.0. The number of nitrogen functional groups attached to an aromatic ring is 1. The van der Waals surface area contributed by atoms with Gasteiger partial charge in [-0.1, -0.05) is 6.07 Å². The van der Waals surface area contributed by atoms with Crippen LogP contribution in [-0.2, 0) is 19.8 Å². The van der Waals surface area contributed by atoms with Gasteiger partial charge in [0.05, 0.1) is 26.5 Å². The Morgan fingerprint density at radius 2 is 1.83 bits per heavy atom. The fourth-order valence-electron chi connectivity index (χ4n) is 1.66. The molecular weight excluding hydrogens is 253 g/mol. The molecule has 0 heterocycles. The molecule has 18 heavy (non-hydrogen) atoms. The van der Waals surface area contributed by atoms with Crippen LogP contribution in [0.1, 0.15) is 19.4 Å². The summed E-state index contributed by atoms with van der Waals surface area (Å²) in [6, 6.07) is 5.29. The van der Waals surface area contributed by atoms with Crippen molar-refractivity contribution in [1.82, 2.24) is 0 Å². The van der Waals surface area contributed by atoms with Crippen LogP contribution in [0.15, 0.2) is 18.2 Å². The average Bonchev–Trinajstić information content (AvgIpc) is 2.32. The molecule has 2 N–H and O–H groups in total. The van der Waals surface area contributed by atoms with Crippen LogP contribution in [0.5, 0.6) is 5.75 Å². The standard InChI is InChI=1S/C12H20NO4P/c1-4-16-18(14,17-5-2)9-10-11(13)7-6-8-12(10)15-3/h6-8H,4-5,9,13H2,1-3H3. The van der Waals surface area contributed by atoms with Gasteiger partial charge in [-0.05, 0) is 26.0 Å². The Labute approximate surface area is 108 Å². The van der Waals surface area contributed by atoms with Crippen LogP contribution in [0.25, 0.3) is 0 Å². The van der Waals surface area contributed by atoms with Gasteiger partial charge in [0.1, 0.15) is 5.75 Å². The summed E-state index contributed by atoms with van der Waals surface area (Å²) in [7, 11) is -1.62. The summed E-state index contributed by atoms with van der Waals surface area (Å²) in [5.74, 6) is 0.592. The highest BCUT2D eigenvalue weighted by atomic mass is 31.2. The van der Waals surface area contributed by atoms with Gasteiger partial charge in [0.15, 0.2) is 0 Å². The molecule has 0 atom stereocenters. The minimum atomic E-state index is -3.17. The predicted molar refractivity (Wildman–Crippen MR) is 72.0 cm³/mol. The molecule has 0 radical (unpaired) electrons. The summed E-state index contributed by atoms with van der Waals surface area (Å²) < 4.78 is 28.2. The maximum absolute atomic E-state index is 12.4. The van der Waals surface area contributed by atoms with Crippen LogP contribution in [-0.4, -0.2) is 20.3 Å². The summed E-state index contributed by atoms with van der Waals surface area (Å²) in [6.45, 7) is 4.20. The summed E-state index contributed by atoms with van der Waals surface area (Å²) in [4.78, 5) is 0. The van der Waals surface area contributed by atoms with Crippen molar-refractivity contribution in [3.8, 4) is 5.75 Å². The quantitative estimate of drug-likeness (QED) is 0.610. The lowest BCUT2D eigenvalue weighted by molar-refractivity contribution is 0.219. The van der Waals surface area contributed by atoms with E-state index in [1.807, 2.05) is 0 Å². The molecule has 0 aromatic heterocycles. The van der Waals surface area contributed by atoms with Crippen molar-refractivity contribution in [3.63, 3.8) is 0 Å². The van der Waals surface area contributed by atoms with E-state index >= 15 is 0 Å². The van der Waals surface area contributed by atoms with Gasteiger partial charge in [-0.2, -0.15) is 0 Å². The Kier molecular flexibility index (Phi) is 5.66. The number of rotatable bonds is 7. The minimum absolute atomic E-state index is 0.116. The van der Waals surface area contributed by atoms with Gasteiger partial charge in [-0.25, -0.2) is 0 Å². The molecular formula is C12H20NO4P. The third-order valence-corrected chi connectivity index (χ3v) is 4.40. The number of benzene rings is 1. The molecule has 0 fully saturated rings. The second-order valence-corrected chi connectivity index (χ2v) is 5.69. The zero-order chi connectivity index (χ0) is 13.6. The Morgan fingerprint density at radius 1 is 1.22 bits per heavy atom. The molecule has 0 bridgehead atoms. The normalized spacial score (nSPS) is 11.5. The number of hydrogen-bond donors (Lipinski definition) is 1. The van der Waals surface area contributed by atoms with Crippen molar-refractivity contribution >= 4 is 13.3 Å². The fourth-order valence-corrected chi connectivity index (χ4v) is 3.43. The van der Waals surface area contributed by atoms with Crippen LogP contribution < -0.4 is 10.5 Å². The molecule has 0 unspecified atom stereocenters. The average molecular weight is 273 g/mol. The van der Waals surface area contributed by atoms with Crippen LogP contribution >= 0.6 is 7.60 Å². The molecule has 1 rings (SSSR count). The van der Waals surface area contributed by atoms with Gasteiger partial charge in [0.2, 0.25) is 0 Å². The molecule has 102 valence electrons. The number of hydrogen-bond acceptors (Lipinski definition) is 5. The summed E-state index contributed by atoms with van der Waals surface area (Å²) in [5.41, 5.74) is 7.06. The third kappa shape index (κ3) is 3.73. The molecule has 0 spiro atoms. The van der Waals surface area contributed by atoms with Crippen LogP contribution in [0.3, 0.4) is 0 Å². The highest BCUT2D eigenvalue weighted by molar-refractivity contribution is 7.53. The van der Waals surface area contributed by atoms with E-state index in [2.05, 4.69) is 0 Å². The van der Waals surface area contributed by atoms with Gasteiger partial charge in [0, 0.05) is 11.3 Å². The van der Waals surface area contributed by atoms with Crippen molar-refractivity contribution in [3.05, 3.63) is 23.8 Å². The minimum Gasteiger partial charge on any atom is -0.496 e. The van der Waals surface area contributed by atoms with E-state index < -0.39 is 7.60 Å². The maximum Gasteiger partial charge on any atom is 0.335 e. The second kappa shape index (κ2) is 6.78. The zero-order valence-electron chi connectivity index (χ0n) is 11.0. The topological polar surface area (TPSA) is 70.8 Å². The van der Waals surface area contributed by atoms with Crippen molar-refractivity contribution in [2.75, 3.05) is 26.1 Å². The summed E-state index contributed by atoms with van der Waals surface area (Å²) in [6.07, 6.45) is 0.116. The van der Waals surface area contributed by atoms with Crippen LogP contribution in [0.2, 0.25) is 0 Å². The van der Waals surface area contributed by atoms with Crippen molar-refractivity contribution in [1.29, 1.82) is 0 Å². The molecule has 0 aliphatic carbocycles. The monoisotopic (exact) mass is 273 g/mol. The first-order valence-corrected chi connectivity index (χ1v) is 7.58. The second-order valence-electron chi connectivity index (χ2n) is 3.63. The summed E-state index contributed by atoms with van der Waals surface area (Å²) in [5, 5.41) is 0. The Hall–Kier alpha value is -1.03. The molecule has 0 saturated heterocycles. The first-order chi connectivity index (χ1) is 8.56. The van der Waals surface area contributed by atoms with Gasteiger partial charge < -0.3 is 19.5 Å². The highest BCUT2D eigenvalue weighted by Gasteiger charge is 2.27. The van der Waals surface area contributed by atoms with E-state index in [-0.39, 0.29) is 6.16 Å². The Morgan fingerprint density at radius 3 is 2.33 bits per heavy atom. The maximum atomic E-state index is 12.4. The predicted octanol–water partition coefficient (Wildman–Crippen LogP) is 3.04. The smallest absolute Gasteiger partial charge is 0.335 e. The SMILES string of the molecule is CCOP(=O)(Cc1c(N)cccc1OC)OCC. The molecule has 0 aliphatic rings. The molecule has 6 heteroatoms. The lowest BCUT2D eigenvalue weighted by atomic mass is 10.2. The van der Waals surface area contributed by atoms with E-state index in [1.54, 1.807) is 39.2 Å². The third-order valence-electron chi connectivity index (χ3n) is 2.39. The van der Waals surface area contributed by atoms with Crippen molar-refractivity contribution in [2.24, 2.45) is 0 Å². The molecule has 0 aliphatic heterocycles. The van der Waals surface area contributed by atoms with E-state index in [4.69, 9.17) is 19.5 Å². The Balaban J connectivity index is 3.03. The molecule has 1 aromatic carbocycles. The molecule has 0 saturated carbocycles. The van der Waals surface area contributed by atoms with E-state index in [1.165, 1.54) is 0 Å². The zero-order valence-corrected chi connectivity index (χ0v) is 11.9. The van der Waals surface area contributed by atoms with Crippen molar-refractivity contribution in [2.45, 2.75) is 20.0 Å². The van der Waals surface area contributed by atoms with Crippen LogP contribution in [0.4, 0.5) is 5.69 Å². The lowest BCUT2D eigenvalue weighted by Gasteiger charge is -2.19. The van der Waals surface area contributed by atoms with Gasteiger partial charge in [0.25, 0.3) is 0 Å². The number of ether oxygens (including phenoxy) is 1.